The fourth-order valence-electron chi connectivity index (χ4n) is 3.03. The molecular weight excluding hydrogens is 418 g/mol. The number of nitrogens with zero attached hydrogens (tertiary/aromatic N) is 3. The Hall–Kier alpha value is -3.02. The lowest BCUT2D eigenvalue weighted by Gasteiger charge is -2.22. The van der Waals surface area contributed by atoms with Gasteiger partial charge in [-0.2, -0.15) is 16.6 Å². The van der Waals surface area contributed by atoms with Crippen LogP contribution in [0.25, 0.3) is 10.6 Å². The summed E-state index contributed by atoms with van der Waals surface area (Å²) in [5, 5.41) is 13.6. The lowest BCUT2D eigenvalue weighted by molar-refractivity contribution is -0.121. The van der Waals surface area contributed by atoms with E-state index in [2.05, 4.69) is 11.1 Å². The Kier molecular flexibility index (Phi) is 6.98. The Labute approximate surface area is 183 Å². The molecule has 0 unspecified atom stereocenters. The third kappa shape index (κ3) is 5.12. The molecule has 0 fully saturated rings. The number of hydrogen-bond donors (Lipinski definition) is 0. The van der Waals surface area contributed by atoms with E-state index in [0.717, 1.165) is 21.7 Å². The zero-order valence-electron chi connectivity index (χ0n) is 17.0. The van der Waals surface area contributed by atoms with Crippen LogP contribution in [-0.2, 0) is 9.53 Å². The number of thiophene rings is 1. The van der Waals surface area contributed by atoms with Crippen LogP contribution in [0.2, 0.25) is 0 Å². The quantitative estimate of drug-likeness (QED) is 0.489. The summed E-state index contributed by atoms with van der Waals surface area (Å²) < 4.78 is 5.30. The van der Waals surface area contributed by atoms with Crippen LogP contribution in [0.3, 0.4) is 0 Å². The molecule has 3 rings (SSSR count). The van der Waals surface area contributed by atoms with Crippen LogP contribution in [0.5, 0.6) is 0 Å². The maximum absolute atomic E-state index is 12.8. The van der Waals surface area contributed by atoms with Crippen LogP contribution < -0.4 is 4.90 Å². The molecule has 0 saturated heterocycles. The van der Waals surface area contributed by atoms with Crippen LogP contribution in [0.1, 0.15) is 32.9 Å². The standard InChI is InChI=1S/C22H21N3O3S2/c1-14-9-15(2)11-18(10-14)25(7-4-6-23)19(26)12-28-22(27)20-16(3)24-21(30-20)17-5-8-29-13-17/h5,8-11,13H,4,7,12H2,1-3H3. The van der Waals surface area contributed by atoms with Gasteiger partial charge in [0.25, 0.3) is 5.91 Å². The van der Waals surface area contributed by atoms with Gasteiger partial charge in [0.1, 0.15) is 9.88 Å². The van der Waals surface area contributed by atoms with Crippen molar-refractivity contribution < 1.29 is 14.3 Å². The van der Waals surface area contributed by atoms with Crippen molar-refractivity contribution in [2.75, 3.05) is 18.1 Å². The summed E-state index contributed by atoms with van der Waals surface area (Å²) in [6.07, 6.45) is 0.185. The van der Waals surface area contributed by atoms with Crippen molar-refractivity contribution in [3.8, 4) is 16.6 Å². The molecule has 154 valence electrons. The van der Waals surface area contributed by atoms with Gasteiger partial charge < -0.3 is 9.64 Å². The second kappa shape index (κ2) is 9.65. The SMILES string of the molecule is Cc1cc(C)cc(N(CCC#N)C(=O)COC(=O)c2sc(-c3ccsc3)nc2C)c1. The van der Waals surface area contributed by atoms with E-state index in [1.54, 1.807) is 18.3 Å². The van der Waals surface area contributed by atoms with Crippen molar-refractivity contribution in [2.45, 2.75) is 27.2 Å². The van der Waals surface area contributed by atoms with E-state index in [-0.39, 0.29) is 18.9 Å². The Morgan fingerprint density at radius 3 is 2.57 bits per heavy atom. The minimum absolute atomic E-state index is 0.185. The normalized spacial score (nSPS) is 10.5. The highest BCUT2D eigenvalue weighted by Gasteiger charge is 2.22. The summed E-state index contributed by atoms with van der Waals surface area (Å²) in [6, 6.07) is 9.77. The number of carbonyl (C=O) groups is 2. The van der Waals surface area contributed by atoms with Crippen molar-refractivity contribution in [1.29, 1.82) is 5.26 Å². The predicted molar refractivity (Wildman–Crippen MR) is 119 cm³/mol. The molecule has 0 aliphatic rings. The second-order valence-corrected chi connectivity index (χ2v) is 8.60. The highest BCUT2D eigenvalue weighted by atomic mass is 32.1. The Morgan fingerprint density at radius 2 is 1.93 bits per heavy atom. The van der Waals surface area contributed by atoms with E-state index >= 15 is 0 Å². The zero-order chi connectivity index (χ0) is 21.7. The van der Waals surface area contributed by atoms with Gasteiger partial charge in [-0.15, -0.1) is 11.3 Å². The lowest BCUT2D eigenvalue weighted by Crippen LogP contribution is -2.35. The Bertz CT molecular complexity index is 1080. The first kappa shape index (κ1) is 21.7. The fraction of sp³-hybridized carbons (Fsp3) is 0.273. The number of aryl methyl sites for hydroxylation is 3. The molecule has 30 heavy (non-hydrogen) atoms. The minimum Gasteiger partial charge on any atom is -0.451 e. The highest BCUT2D eigenvalue weighted by Crippen LogP contribution is 2.30. The van der Waals surface area contributed by atoms with E-state index in [0.29, 0.717) is 16.3 Å². The van der Waals surface area contributed by atoms with Crippen LogP contribution in [-0.4, -0.2) is 30.0 Å². The van der Waals surface area contributed by atoms with E-state index < -0.39 is 12.6 Å². The maximum Gasteiger partial charge on any atom is 0.350 e. The van der Waals surface area contributed by atoms with Gasteiger partial charge in [-0.05, 0) is 55.5 Å². The third-order valence-electron chi connectivity index (χ3n) is 4.34. The van der Waals surface area contributed by atoms with Gasteiger partial charge in [0.05, 0.1) is 18.2 Å². The number of hydrogen-bond acceptors (Lipinski definition) is 7. The largest absolute Gasteiger partial charge is 0.451 e. The van der Waals surface area contributed by atoms with Crippen LogP contribution >= 0.6 is 22.7 Å². The Balaban J connectivity index is 1.72. The Morgan fingerprint density at radius 1 is 1.20 bits per heavy atom. The smallest absolute Gasteiger partial charge is 0.350 e. The average molecular weight is 440 g/mol. The van der Waals surface area contributed by atoms with Crippen molar-refractivity contribution in [1.82, 2.24) is 4.98 Å². The number of thiazole rings is 1. The number of anilines is 1. The molecule has 3 aromatic rings. The molecule has 1 amide bonds. The molecule has 0 aliphatic carbocycles. The molecule has 6 nitrogen and oxygen atoms in total. The molecule has 2 heterocycles. The van der Waals surface area contributed by atoms with Gasteiger partial charge in [-0.1, -0.05) is 6.07 Å². The maximum atomic E-state index is 12.8. The first-order valence-electron chi connectivity index (χ1n) is 9.31. The predicted octanol–water partition coefficient (Wildman–Crippen LogP) is 4.90. The molecule has 0 bridgehead atoms. The number of carbonyl (C=O) groups excluding carboxylic acids is 2. The molecular formula is C22H21N3O3S2. The molecule has 0 saturated carbocycles. The number of esters is 1. The molecule has 0 atom stereocenters. The van der Waals surface area contributed by atoms with Crippen molar-refractivity contribution in [3.05, 3.63) is 56.7 Å². The lowest BCUT2D eigenvalue weighted by atomic mass is 10.1. The number of benzene rings is 1. The summed E-state index contributed by atoms with van der Waals surface area (Å²) in [7, 11) is 0. The molecule has 0 aliphatic heterocycles. The van der Waals surface area contributed by atoms with Gasteiger partial charge in [0.15, 0.2) is 6.61 Å². The van der Waals surface area contributed by atoms with Gasteiger partial charge in [0.2, 0.25) is 0 Å². The first-order valence-corrected chi connectivity index (χ1v) is 11.1. The molecule has 0 spiro atoms. The third-order valence-corrected chi connectivity index (χ3v) is 6.21. The zero-order valence-corrected chi connectivity index (χ0v) is 18.6. The number of aromatic nitrogens is 1. The average Bonchev–Trinajstić information content (AvgIpc) is 3.35. The molecule has 0 radical (unpaired) electrons. The van der Waals surface area contributed by atoms with Gasteiger partial charge in [-0.25, -0.2) is 9.78 Å². The first-order chi connectivity index (χ1) is 14.4. The summed E-state index contributed by atoms with van der Waals surface area (Å²) in [4.78, 5) is 31.7. The van der Waals surface area contributed by atoms with Gasteiger partial charge in [0, 0.05) is 23.2 Å². The van der Waals surface area contributed by atoms with Crippen molar-refractivity contribution in [2.24, 2.45) is 0 Å². The number of amides is 1. The second-order valence-electron chi connectivity index (χ2n) is 6.82. The highest BCUT2D eigenvalue weighted by molar-refractivity contribution is 7.17. The summed E-state index contributed by atoms with van der Waals surface area (Å²) in [5.74, 6) is -0.940. The van der Waals surface area contributed by atoms with Crippen LogP contribution in [0.15, 0.2) is 35.0 Å². The molecule has 1 aromatic carbocycles. The van der Waals surface area contributed by atoms with E-state index in [1.807, 2.05) is 48.9 Å². The molecule has 8 heteroatoms. The molecule has 2 aromatic heterocycles. The van der Waals surface area contributed by atoms with E-state index in [9.17, 15) is 9.59 Å². The van der Waals surface area contributed by atoms with Crippen LogP contribution in [0.4, 0.5) is 5.69 Å². The number of ether oxygens (including phenoxy) is 1. The summed E-state index contributed by atoms with van der Waals surface area (Å²) in [6.45, 7) is 5.47. The van der Waals surface area contributed by atoms with Gasteiger partial charge >= 0.3 is 5.97 Å². The van der Waals surface area contributed by atoms with E-state index in [4.69, 9.17) is 10.00 Å². The number of rotatable bonds is 7. The number of nitriles is 1. The summed E-state index contributed by atoms with van der Waals surface area (Å²) >= 11 is 2.81. The van der Waals surface area contributed by atoms with Crippen molar-refractivity contribution in [3.63, 3.8) is 0 Å². The minimum atomic E-state index is -0.569. The topological polar surface area (TPSA) is 83.3 Å². The fourth-order valence-corrected chi connectivity index (χ4v) is 4.70. The summed E-state index contributed by atoms with van der Waals surface area (Å²) in [5.41, 5.74) is 4.25. The van der Waals surface area contributed by atoms with Crippen molar-refractivity contribution >= 4 is 40.2 Å². The van der Waals surface area contributed by atoms with Crippen LogP contribution in [0, 0.1) is 32.1 Å². The van der Waals surface area contributed by atoms with Gasteiger partial charge in [-0.3, -0.25) is 4.79 Å². The van der Waals surface area contributed by atoms with E-state index in [1.165, 1.54) is 16.2 Å². The molecule has 0 N–H and O–H groups in total. The monoisotopic (exact) mass is 439 g/mol.